The third kappa shape index (κ3) is 2.77. The third-order valence-electron chi connectivity index (χ3n) is 3.61. The maximum absolute atomic E-state index is 5.85. The fourth-order valence-corrected chi connectivity index (χ4v) is 2.61. The van der Waals surface area contributed by atoms with Crippen molar-refractivity contribution in [1.29, 1.82) is 0 Å². The molecule has 106 valence electrons. The van der Waals surface area contributed by atoms with E-state index in [1.807, 2.05) is 18.2 Å². The van der Waals surface area contributed by atoms with Gasteiger partial charge in [-0.1, -0.05) is 18.2 Å². The van der Waals surface area contributed by atoms with Crippen molar-refractivity contribution < 1.29 is 0 Å². The van der Waals surface area contributed by atoms with Gasteiger partial charge in [-0.05, 0) is 65.4 Å². The highest BCUT2D eigenvalue weighted by atomic mass is 35.5. The van der Waals surface area contributed by atoms with Crippen LogP contribution in [0.3, 0.4) is 0 Å². The van der Waals surface area contributed by atoms with E-state index in [9.17, 15) is 0 Å². The number of rotatable bonds is 1. The van der Waals surface area contributed by atoms with Crippen LogP contribution in [-0.2, 0) is 6.42 Å². The van der Waals surface area contributed by atoms with Crippen LogP contribution in [0.1, 0.15) is 23.6 Å². The Kier molecular flexibility index (Phi) is 5.09. The Labute approximate surface area is 131 Å². The number of nitrogen functional groups attached to an aromatic ring is 2. The van der Waals surface area contributed by atoms with Crippen LogP contribution in [0, 0.1) is 0 Å². The molecule has 0 unspecified atom stereocenters. The van der Waals surface area contributed by atoms with Crippen molar-refractivity contribution in [3.8, 4) is 0 Å². The van der Waals surface area contributed by atoms with Gasteiger partial charge in [0.2, 0.25) is 0 Å². The fourth-order valence-electron chi connectivity index (χ4n) is 2.61. The lowest BCUT2D eigenvalue weighted by Crippen LogP contribution is -1.90. The molecule has 3 rings (SSSR count). The van der Waals surface area contributed by atoms with Gasteiger partial charge >= 0.3 is 0 Å². The number of hydrogen-bond acceptors (Lipinski definition) is 2. The number of halogens is 2. The van der Waals surface area contributed by atoms with Crippen molar-refractivity contribution in [3.63, 3.8) is 0 Å². The lowest BCUT2D eigenvalue weighted by Gasteiger charge is -2.04. The Morgan fingerprint density at radius 1 is 0.850 bits per heavy atom. The van der Waals surface area contributed by atoms with Crippen LogP contribution in [0.4, 0.5) is 11.4 Å². The summed E-state index contributed by atoms with van der Waals surface area (Å²) in [4.78, 5) is 0. The Morgan fingerprint density at radius 3 is 2.10 bits per heavy atom. The van der Waals surface area contributed by atoms with Gasteiger partial charge in [-0.25, -0.2) is 0 Å². The molecule has 0 saturated heterocycles. The summed E-state index contributed by atoms with van der Waals surface area (Å²) in [5.74, 6) is 0. The average Bonchev–Trinajstić information content (AvgIpc) is 2.67. The van der Waals surface area contributed by atoms with Crippen LogP contribution >= 0.6 is 24.8 Å². The van der Waals surface area contributed by atoms with E-state index < -0.39 is 0 Å². The van der Waals surface area contributed by atoms with Gasteiger partial charge in [-0.3, -0.25) is 0 Å². The molecule has 0 aromatic heterocycles. The SMILES string of the molecule is CC1=C(c2ccc(N)cc2)Cc2cc(N)ccc21.Cl.Cl. The van der Waals surface area contributed by atoms with Gasteiger partial charge in [0.1, 0.15) is 0 Å². The standard InChI is InChI=1S/C16H16N2.2ClH/c1-10-15-7-6-14(18)8-12(15)9-16(10)11-2-4-13(17)5-3-11;;/h2-8H,9,17-18H2,1H3;2*1H. The Balaban J connectivity index is 0.000001000. The lowest BCUT2D eigenvalue weighted by atomic mass is 10.0. The molecule has 0 aliphatic heterocycles. The van der Waals surface area contributed by atoms with Gasteiger partial charge in [0.05, 0.1) is 0 Å². The van der Waals surface area contributed by atoms with Crippen LogP contribution in [-0.4, -0.2) is 0 Å². The molecular formula is C16H18Cl2N2. The second kappa shape index (κ2) is 6.21. The van der Waals surface area contributed by atoms with Crippen molar-refractivity contribution in [2.45, 2.75) is 13.3 Å². The minimum absolute atomic E-state index is 0. The van der Waals surface area contributed by atoms with Gasteiger partial charge in [-0.15, -0.1) is 24.8 Å². The highest BCUT2D eigenvalue weighted by Gasteiger charge is 2.19. The van der Waals surface area contributed by atoms with E-state index in [2.05, 4.69) is 31.2 Å². The van der Waals surface area contributed by atoms with Crippen LogP contribution in [0.5, 0.6) is 0 Å². The van der Waals surface area contributed by atoms with Gasteiger partial charge < -0.3 is 11.5 Å². The van der Waals surface area contributed by atoms with E-state index in [0.29, 0.717) is 0 Å². The van der Waals surface area contributed by atoms with E-state index in [4.69, 9.17) is 11.5 Å². The first-order chi connectivity index (χ1) is 8.65. The average molecular weight is 309 g/mol. The minimum Gasteiger partial charge on any atom is -0.399 e. The molecule has 0 amide bonds. The van der Waals surface area contributed by atoms with Crippen LogP contribution in [0.15, 0.2) is 42.5 Å². The predicted molar refractivity (Wildman–Crippen MR) is 92.4 cm³/mol. The highest BCUT2D eigenvalue weighted by molar-refractivity contribution is 5.96. The number of nitrogens with two attached hydrogens (primary N) is 2. The maximum atomic E-state index is 5.85. The van der Waals surface area contributed by atoms with Crippen LogP contribution in [0.25, 0.3) is 11.1 Å². The number of anilines is 2. The predicted octanol–water partition coefficient (Wildman–Crippen LogP) is 4.18. The molecule has 20 heavy (non-hydrogen) atoms. The molecule has 0 radical (unpaired) electrons. The molecule has 4 N–H and O–H groups in total. The normalized spacial score (nSPS) is 12.4. The minimum atomic E-state index is 0. The third-order valence-corrected chi connectivity index (χ3v) is 3.61. The molecule has 0 fully saturated rings. The quantitative estimate of drug-likeness (QED) is 0.776. The zero-order valence-corrected chi connectivity index (χ0v) is 12.9. The summed E-state index contributed by atoms with van der Waals surface area (Å²) < 4.78 is 0. The molecule has 0 bridgehead atoms. The van der Waals surface area contributed by atoms with E-state index in [1.54, 1.807) is 0 Å². The zero-order chi connectivity index (χ0) is 12.7. The van der Waals surface area contributed by atoms with Crippen molar-refractivity contribution in [2.75, 3.05) is 11.5 Å². The Morgan fingerprint density at radius 2 is 1.45 bits per heavy atom. The molecule has 2 aromatic carbocycles. The van der Waals surface area contributed by atoms with E-state index in [1.165, 1.54) is 27.8 Å². The second-order valence-electron chi connectivity index (χ2n) is 4.82. The smallest absolute Gasteiger partial charge is 0.0317 e. The maximum Gasteiger partial charge on any atom is 0.0317 e. The zero-order valence-electron chi connectivity index (χ0n) is 11.2. The number of allylic oxidation sites excluding steroid dienone is 2. The molecule has 1 aliphatic carbocycles. The molecule has 4 heteroatoms. The first-order valence-electron chi connectivity index (χ1n) is 6.09. The summed E-state index contributed by atoms with van der Waals surface area (Å²) in [5.41, 5.74) is 19.8. The van der Waals surface area contributed by atoms with Gasteiger partial charge in [0.15, 0.2) is 0 Å². The Hall–Kier alpha value is -1.64. The largest absolute Gasteiger partial charge is 0.399 e. The molecular weight excluding hydrogens is 291 g/mol. The summed E-state index contributed by atoms with van der Waals surface area (Å²) in [5, 5.41) is 0. The summed E-state index contributed by atoms with van der Waals surface area (Å²) in [7, 11) is 0. The van der Waals surface area contributed by atoms with Crippen molar-refractivity contribution in [3.05, 3.63) is 59.2 Å². The number of benzene rings is 2. The second-order valence-corrected chi connectivity index (χ2v) is 4.82. The van der Waals surface area contributed by atoms with E-state index in [0.717, 1.165) is 17.8 Å². The van der Waals surface area contributed by atoms with E-state index >= 15 is 0 Å². The van der Waals surface area contributed by atoms with Crippen LogP contribution in [0.2, 0.25) is 0 Å². The highest BCUT2D eigenvalue weighted by Crippen LogP contribution is 2.38. The number of fused-ring (bicyclic) bond motifs is 1. The molecule has 2 aromatic rings. The van der Waals surface area contributed by atoms with Gasteiger partial charge in [0.25, 0.3) is 0 Å². The summed E-state index contributed by atoms with van der Waals surface area (Å²) in [6.45, 7) is 2.17. The van der Waals surface area contributed by atoms with Gasteiger partial charge in [0, 0.05) is 11.4 Å². The molecule has 0 spiro atoms. The van der Waals surface area contributed by atoms with Gasteiger partial charge in [-0.2, -0.15) is 0 Å². The molecule has 1 aliphatic rings. The summed E-state index contributed by atoms with van der Waals surface area (Å²) in [6, 6.07) is 14.2. The topological polar surface area (TPSA) is 52.0 Å². The summed E-state index contributed by atoms with van der Waals surface area (Å²) >= 11 is 0. The number of hydrogen-bond donors (Lipinski definition) is 2. The molecule has 0 heterocycles. The molecule has 0 saturated carbocycles. The fraction of sp³-hybridized carbons (Fsp3) is 0.125. The van der Waals surface area contributed by atoms with Crippen molar-refractivity contribution in [1.82, 2.24) is 0 Å². The lowest BCUT2D eigenvalue weighted by molar-refractivity contribution is 1.32. The monoisotopic (exact) mass is 308 g/mol. The van der Waals surface area contributed by atoms with Crippen molar-refractivity contribution in [2.24, 2.45) is 0 Å². The van der Waals surface area contributed by atoms with Crippen LogP contribution < -0.4 is 11.5 Å². The Bertz CT molecular complexity index is 646. The molecule has 0 atom stereocenters. The summed E-state index contributed by atoms with van der Waals surface area (Å²) in [6.07, 6.45) is 0.954. The van der Waals surface area contributed by atoms with E-state index in [-0.39, 0.29) is 24.8 Å². The van der Waals surface area contributed by atoms with Crippen molar-refractivity contribution >= 4 is 47.3 Å². The first-order valence-corrected chi connectivity index (χ1v) is 6.09. The first kappa shape index (κ1) is 16.4. The molecule has 2 nitrogen and oxygen atoms in total.